The molecule has 0 saturated carbocycles. The van der Waals surface area contributed by atoms with Gasteiger partial charge in [0.05, 0.1) is 0 Å². The Morgan fingerprint density at radius 2 is 1.33 bits per heavy atom. The molecule has 0 spiro atoms. The summed E-state index contributed by atoms with van der Waals surface area (Å²) >= 11 is 0. The summed E-state index contributed by atoms with van der Waals surface area (Å²) in [5, 5.41) is 0. The molecule has 0 bridgehead atoms. The first-order valence-electron chi connectivity index (χ1n) is 10.2. The summed E-state index contributed by atoms with van der Waals surface area (Å²) < 4.78 is 34.9. The van der Waals surface area contributed by atoms with Crippen molar-refractivity contribution >= 4 is 45.6 Å². The maximum atomic E-state index is 11.4. The van der Waals surface area contributed by atoms with E-state index in [2.05, 4.69) is 23.8 Å². The Kier molecular flexibility index (Phi) is 21.1. The van der Waals surface area contributed by atoms with Gasteiger partial charge >= 0.3 is 45.6 Å². The van der Waals surface area contributed by atoms with E-state index in [1.165, 1.54) is 44.9 Å². The van der Waals surface area contributed by atoms with E-state index in [1.54, 1.807) is 0 Å². The minimum atomic E-state index is -4.31. The Morgan fingerprint density at radius 1 is 0.889 bits per heavy atom. The van der Waals surface area contributed by atoms with Crippen molar-refractivity contribution in [3.05, 3.63) is 12.2 Å². The molecule has 1 atom stereocenters. The van der Waals surface area contributed by atoms with Gasteiger partial charge in [0.1, 0.15) is 0 Å². The van der Waals surface area contributed by atoms with Crippen LogP contribution in [0, 0.1) is 0 Å². The summed E-state index contributed by atoms with van der Waals surface area (Å²) in [6.45, 7) is 3.39. The van der Waals surface area contributed by atoms with Gasteiger partial charge in [0, 0.05) is 6.42 Å². The Labute approximate surface area is 188 Å². The van der Waals surface area contributed by atoms with Crippen molar-refractivity contribution in [3.63, 3.8) is 0 Å². The molecule has 0 aromatic rings. The summed E-state index contributed by atoms with van der Waals surface area (Å²) in [7, 11) is -4.31. The maximum absolute atomic E-state index is 11.4. The molecule has 0 saturated heterocycles. The molecule has 0 radical (unpaired) electrons. The molecule has 0 aromatic carbocycles. The van der Waals surface area contributed by atoms with Gasteiger partial charge in [-0.25, -0.2) is 0 Å². The second-order valence-electron chi connectivity index (χ2n) is 6.91. The molecule has 0 rings (SSSR count). The van der Waals surface area contributed by atoms with Crippen LogP contribution in [0.2, 0.25) is 0 Å². The average Bonchev–Trinajstić information content (AvgIpc) is 2.57. The van der Waals surface area contributed by atoms with Gasteiger partial charge in [-0.3, -0.25) is 9.35 Å². The van der Waals surface area contributed by atoms with Crippen LogP contribution in [-0.4, -0.2) is 53.9 Å². The number of esters is 1. The molecule has 156 valence electrons. The van der Waals surface area contributed by atoms with Gasteiger partial charge in [0.25, 0.3) is 0 Å². The molecular formula is C20H39NaO5S. The fourth-order valence-corrected chi connectivity index (χ4v) is 2.87. The first-order chi connectivity index (χ1) is 12.4. The normalized spacial score (nSPS) is 12.7. The van der Waals surface area contributed by atoms with Crippen LogP contribution in [0.15, 0.2) is 12.2 Å². The van der Waals surface area contributed by atoms with E-state index in [-0.39, 0.29) is 36.0 Å². The van der Waals surface area contributed by atoms with Crippen molar-refractivity contribution in [2.75, 3.05) is 0 Å². The number of carbonyl (C=O) groups is 1. The molecule has 0 aliphatic rings. The van der Waals surface area contributed by atoms with Crippen LogP contribution in [0.3, 0.4) is 0 Å². The molecule has 1 unspecified atom stereocenters. The number of rotatable bonds is 17. The standard InChI is InChI=1S/C20H38O5S.Na.H/c1-3-4-5-6-7-8-9-10-11-12-13-14-15-16-17-18-20(21)25-19(2)26(22,23)24;;/h10-11,19H,3-9,12-18H2,1-2H3,(H,22,23,24);;/b11-10-;;. The van der Waals surface area contributed by atoms with Crippen LogP contribution < -0.4 is 0 Å². The third-order valence-corrected chi connectivity index (χ3v) is 5.29. The van der Waals surface area contributed by atoms with Gasteiger partial charge < -0.3 is 4.74 Å². The first-order valence-corrected chi connectivity index (χ1v) is 11.7. The van der Waals surface area contributed by atoms with E-state index in [0.717, 1.165) is 39.0 Å². The van der Waals surface area contributed by atoms with Gasteiger partial charge in [-0.15, -0.1) is 0 Å². The van der Waals surface area contributed by atoms with Crippen molar-refractivity contribution in [3.8, 4) is 0 Å². The van der Waals surface area contributed by atoms with Gasteiger partial charge in [0.15, 0.2) is 0 Å². The van der Waals surface area contributed by atoms with E-state index < -0.39 is 21.5 Å². The summed E-state index contributed by atoms with van der Waals surface area (Å²) in [6.07, 6.45) is 20.1. The molecule has 0 aliphatic carbocycles. The molecule has 7 heteroatoms. The van der Waals surface area contributed by atoms with E-state index in [0.29, 0.717) is 6.42 Å². The Hall–Kier alpha value is 0.120. The SMILES string of the molecule is CCCCCCCC/C=C\CCCCCCCC(=O)OC(C)S(=O)(=O)O.[NaH]. The van der Waals surface area contributed by atoms with Gasteiger partial charge in [-0.1, -0.05) is 70.4 Å². The zero-order valence-corrected chi connectivity index (χ0v) is 17.4. The molecular weight excluding hydrogens is 375 g/mol. The number of hydrogen-bond acceptors (Lipinski definition) is 4. The van der Waals surface area contributed by atoms with Crippen molar-refractivity contribution in [1.82, 2.24) is 0 Å². The second-order valence-corrected chi connectivity index (χ2v) is 8.60. The van der Waals surface area contributed by atoms with Crippen molar-refractivity contribution in [1.29, 1.82) is 0 Å². The van der Waals surface area contributed by atoms with E-state index in [4.69, 9.17) is 4.55 Å². The molecule has 0 heterocycles. The van der Waals surface area contributed by atoms with Crippen molar-refractivity contribution in [2.45, 2.75) is 109 Å². The van der Waals surface area contributed by atoms with E-state index >= 15 is 0 Å². The van der Waals surface area contributed by atoms with Crippen molar-refractivity contribution in [2.24, 2.45) is 0 Å². The minimum absolute atomic E-state index is 0. The zero-order chi connectivity index (χ0) is 19.7. The van der Waals surface area contributed by atoms with Gasteiger partial charge in [0.2, 0.25) is 5.44 Å². The summed E-state index contributed by atoms with van der Waals surface area (Å²) in [4.78, 5) is 11.4. The zero-order valence-electron chi connectivity index (χ0n) is 16.6. The quantitative estimate of drug-likeness (QED) is 0.117. The predicted octanol–water partition coefficient (Wildman–Crippen LogP) is 5.15. The predicted molar refractivity (Wildman–Crippen MR) is 114 cm³/mol. The Balaban J connectivity index is 0. The first kappa shape index (κ1) is 29.3. The molecule has 0 amide bonds. The molecule has 0 fully saturated rings. The van der Waals surface area contributed by atoms with Crippen LogP contribution in [0.4, 0.5) is 0 Å². The number of allylic oxidation sites excluding steroid dienone is 2. The van der Waals surface area contributed by atoms with Crippen LogP contribution >= 0.6 is 0 Å². The third-order valence-electron chi connectivity index (χ3n) is 4.36. The molecule has 5 nitrogen and oxygen atoms in total. The van der Waals surface area contributed by atoms with Gasteiger partial charge in [-0.05, 0) is 39.0 Å². The summed E-state index contributed by atoms with van der Waals surface area (Å²) in [6, 6.07) is 0. The fraction of sp³-hybridized carbons (Fsp3) is 0.850. The number of carbonyl (C=O) groups excluding carboxylic acids is 1. The van der Waals surface area contributed by atoms with E-state index in [9.17, 15) is 13.2 Å². The monoisotopic (exact) mass is 414 g/mol. The third kappa shape index (κ3) is 20.7. The van der Waals surface area contributed by atoms with Gasteiger partial charge in [-0.2, -0.15) is 8.42 Å². The average molecular weight is 415 g/mol. The topological polar surface area (TPSA) is 80.7 Å². The second kappa shape index (κ2) is 19.4. The molecule has 0 aliphatic heterocycles. The number of unbranched alkanes of at least 4 members (excludes halogenated alkanes) is 11. The molecule has 1 N–H and O–H groups in total. The van der Waals surface area contributed by atoms with Crippen LogP contribution in [0.1, 0.15) is 104 Å². The fourth-order valence-electron chi connectivity index (χ4n) is 2.64. The molecule has 27 heavy (non-hydrogen) atoms. The number of hydrogen-bond donors (Lipinski definition) is 1. The van der Waals surface area contributed by atoms with E-state index in [1.807, 2.05) is 0 Å². The summed E-state index contributed by atoms with van der Waals surface area (Å²) in [5.74, 6) is -0.576. The summed E-state index contributed by atoms with van der Waals surface area (Å²) in [5.41, 5.74) is -1.49. The van der Waals surface area contributed by atoms with Crippen molar-refractivity contribution < 1.29 is 22.5 Å². The number of ether oxygens (including phenoxy) is 1. The van der Waals surface area contributed by atoms with Crippen LogP contribution in [0.25, 0.3) is 0 Å². The Morgan fingerprint density at radius 3 is 1.81 bits per heavy atom. The Bertz CT molecular complexity index is 477. The molecule has 0 aromatic heterocycles. The van der Waals surface area contributed by atoms with Crippen LogP contribution in [-0.2, 0) is 19.6 Å². The van der Waals surface area contributed by atoms with Crippen LogP contribution in [0.5, 0.6) is 0 Å².